The van der Waals surface area contributed by atoms with E-state index in [0.29, 0.717) is 12.0 Å². The number of nitrogens with zero attached hydrogens (tertiary/aromatic N) is 2. The molecule has 2 rings (SSSR count). The highest BCUT2D eigenvalue weighted by molar-refractivity contribution is 5.45. The van der Waals surface area contributed by atoms with E-state index in [0.717, 1.165) is 23.2 Å². The molecule has 0 aliphatic heterocycles. The molecule has 1 aliphatic carbocycles. The molecular weight excluding hydrogens is 212 g/mol. The second-order valence-electron chi connectivity index (χ2n) is 5.52. The summed E-state index contributed by atoms with van der Waals surface area (Å²) in [7, 11) is 0. The van der Waals surface area contributed by atoms with E-state index in [4.69, 9.17) is 5.73 Å². The van der Waals surface area contributed by atoms with Gasteiger partial charge in [-0.15, -0.1) is 0 Å². The van der Waals surface area contributed by atoms with E-state index in [1.807, 2.05) is 6.92 Å². The standard InChI is InChI=1S/C13H22N4/c1-8-4-9(2)6-11(5-8)16-12-10(3)7-15-13(14)17-12/h7-9,11H,4-6H2,1-3H3,(H3,14,15,16,17). The second-order valence-corrected chi connectivity index (χ2v) is 5.52. The quantitative estimate of drug-likeness (QED) is 0.825. The van der Waals surface area contributed by atoms with Crippen molar-refractivity contribution in [2.75, 3.05) is 11.1 Å². The molecule has 4 heteroatoms. The van der Waals surface area contributed by atoms with Crippen LogP contribution in [0, 0.1) is 18.8 Å². The monoisotopic (exact) mass is 234 g/mol. The smallest absolute Gasteiger partial charge is 0.221 e. The molecule has 0 aromatic carbocycles. The van der Waals surface area contributed by atoms with Crippen LogP contribution in [0.5, 0.6) is 0 Å². The van der Waals surface area contributed by atoms with Crippen LogP contribution in [-0.2, 0) is 0 Å². The Morgan fingerprint density at radius 2 is 1.88 bits per heavy atom. The van der Waals surface area contributed by atoms with Gasteiger partial charge in [0.1, 0.15) is 5.82 Å². The summed E-state index contributed by atoms with van der Waals surface area (Å²) >= 11 is 0. The van der Waals surface area contributed by atoms with Crippen LogP contribution in [0.25, 0.3) is 0 Å². The molecule has 0 bridgehead atoms. The van der Waals surface area contributed by atoms with E-state index in [1.54, 1.807) is 6.20 Å². The first-order chi connectivity index (χ1) is 8.04. The molecule has 4 nitrogen and oxygen atoms in total. The van der Waals surface area contributed by atoms with Crippen LogP contribution in [0.3, 0.4) is 0 Å². The largest absolute Gasteiger partial charge is 0.368 e. The third kappa shape index (κ3) is 3.08. The average Bonchev–Trinajstić information content (AvgIpc) is 2.22. The van der Waals surface area contributed by atoms with Gasteiger partial charge in [0.05, 0.1) is 0 Å². The third-order valence-electron chi connectivity index (χ3n) is 3.51. The number of rotatable bonds is 2. The summed E-state index contributed by atoms with van der Waals surface area (Å²) in [5.41, 5.74) is 6.69. The average molecular weight is 234 g/mol. The van der Waals surface area contributed by atoms with Crippen LogP contribution < -0.4 is 11.1 Å². The molecule has 3 N–H and O–H groups in total. The Morgan fingerprint density at radius 1 is 1.24 bits per heavy atom. The molecule has 1 fully saturated rings. The van der Waals surface area contributed by atoms with Gasteiger partial charge in [0.2, 0.25) is 5.95 Å². The summed E-state index contributed by atoms with van der Waals surface area (Å²) in [5.74, 6) is 2.81. The summed E-state index contributed by atoms with van der Waals surface area (Å²) in [5, 5.41) is 3.52. The molecule has 1 heterocycles. The van der Waals surface area contributed by atoms with Crippen molar-refractivity contribution in [3.05, 3.63) is 11.8 Å². The summed E-state index contributed by atoms with van der Waals surface area (Å²) in [4.78, 5) is 8.26. The fraction of sp³-hybridized carbons (Fsp3) is 0.692. The zero-order chi connectivity index (χ0) is 12.4. The molecule has 0 radical (unpaired) electrons. The molecule has 2 atom stereocenters. The number of aromatic nitrogens is 2. The van der Waals surface area contributed by atoms with Gasteiger partial charge < -0.3 is 11.1 Å². The third-order valence-corrected chi connectivity index (χ3v) is 3.51. The molecular formula is C13H22N4. The summed E-state index contributed by atoms with van der Waals surface area (Å²) < 4.78 is 0. The highest BCUT2D eigenvalue weighted by Crippen LogP contribution is 2.30. The minimum atomic E-state index is 0.343. The minimum Gasteiger partial charge on any atom is -0.368 e. The Labute approximate surface area is 103 Å². The number of anilines is 2. The lowest BCUT2D eigenvalue weighted by Crippen LogP contribution is -2.30. The van der Waals surface area contributed by atoms with Crippen molar-refractivity contribution < 1.29 is 0 Å². The zero-order valence-electron chi connectivity index (χ0n) is 10.9. The van der Waals surface area contributed by atoms with Gasteiger partial charge in [0.15, 0.2) is 0 Å². The molecule has 2 unspecified atom stereocenters. The number of hydrogen-bond donors (Lipinski definition) is 2. The maximum absolute atomic E-state index is 5.62. The van der Waals surface area contributed by atoms with Crippen molar-refractivity contribution in [3.8, 4) is 0 Å². The van der Waals surface area contributed by atoms with Gasteiger partial charge >= 0.3 is 0 Å². The minimum absolute atomic E-state index is 0.343. The SMILES string of the molecule is Cc1cnc(N)nc1NC1CC(C)CC(C)C1. The normalized spacial score (nSPS) is 29.0. The molecule has 94 valence electrons. The lowest BCUT2D eigenvalue weighted by atomic mass is 9.80. The molecule has 1 aromatic heterocycles. The Kier molecular flexibility index (Phi) is 3.50. The second kappa shape index (κ2) is 4.90. The zero-order valence-corrected chi connectivity index (χ0v) is 10.9. The van der Waals surface area contributed by atoms with Crippen molar-refractivity contribution >= 4 is 11.8 Å². The van der Waals surface area contributed by atoms with Crippen LogP contribution in [0.4, 0.5) is 11.8 Å². The van der Waals surface area contributed by atoms with Gasteiger partial charge in [-0.1, -0.05) is 13.8 Å². The predicted molar refractivity (Wildman–Crippen MR) is 70.8 cm³/mol. The van der Waals surface area contributed by atoms with Gasteiger partial charge in [0.25, 0.3) is 0 Å². The molecule has 1 saturated carbocycles. The van der Waals surface area contributed by atoms with E-state index in [9.17, 15) is 0 Å². The Morgan fingerprint density at radius 3 is 2.53 bits per heavy atom. The van der Waals surface area contributed by atoms with Gasteiger partial charge in [0, 0.05) is 17.8 Å². The van der Waals surface area contributed by atoms with E-state index in [-0.39, 0.29) is 0 Å². The first-order valence-corrected chi connectivity index (χ1v) is 6.40. The lowest BCUT2D eigenvalue weighted by Gasteiger charge is -2.32. The summed E-state index contributed by atoms with van der Waals surface area (Å²) in [6.07, 6.45) is 5.55. The van der Waals surface area contributed by atoms with Gasteiger partial charge in [-0.25, -0.2) is 4.98 Å². The topological polar surface area (TPSA) is 63.8 Å². The van der Waals surface area contributed by atoms with Crippen LogP contribution in [0.2, 0.25) is 0 Å². The van der Waals surface area contributed by atoms with Crippen LogP contribution >= 0.6 is 0 Å². The summed E-state index contributed by atoms with van der Waals surface area (Å²) in [6, 6.07) is 0.516. The van der Waals surface area contributed by atoms with Gasteiger partial charge in [-0.3, -0.25) is 0 Å². The van der Waals surface area contributed by atoms with Gasteiger partial charge in [-0.2, -0.15) is 4.98 Å². The Hall–Kier alpha value is -1.32. The fourth-order valence-electron chi connectivity index (χ4n) is 2.86. The van der Waals surface area contributed by atoms with Gasteiger partial charge in [-0.05, 0) is 38.0 Å². The van der Waals surface area contributed by atoms with Crippen molar-refractivity contribution in [2.24, 2.45) is 11.8 Å². The van der Waals surface area contributed by atoms with Crippen LogP contribution in [0.15, 0.2) is 6.20 Å². The first-order valence-electron chi connectivity index (χ1n) is 6.40. The highest BCUT2D eigenvalue weighted by atomic mass is 15.1. The Bertz CT molecular complexity index is 381. The van der Waals surface area contributed by atoms with Crippen molar-refractivity contribution in [1.29, 1.82) is 0 Å². The maximum Gasteiger partial charge on any atom is 0.221 e. The fourth-order valence-corrected chi connectivity index (χ4v) is 2.86. The van der Waals surface area contributed by atoms with Crippen molar-refractivity contribution in [3.63, 3.8) is 0 Å². The van der Waals surface area contributed by atoms with E-state index < -0.39 is 0 Å². The Balaban J connectivity index is 2.07. The molecule has 1 aliphatic rings. The predicted octanol–water partition coefficient (Wildman–Crippen LogP) is 2.60. The van der Waals surface area contributed by atoms with Crippen LogP contribution in [0.1, 0.15) is 38.7 Å². The molecule has 1 aromatic rings. The number of nitrogens with two attached hydrogens (primary N) is 1. The van der Waals surface area contributed by atoms with Crippen molar-refractivity contribution in [2.45, 2.75) is 46.1 Å². The van der Waals surface area contributed by atoms with E-state index >= 15 is 0 Å². The van der Waals surface area contributed by atoms with Crippen molar-refractivity contribution in [1.82, 2.24) is 9.97 Å². The van der Waals surface area contributed by atoms with Crippen LogP contribution in [-0.4, -0.2) is 16.0 Å². The molecule has 0 spiro atoms. The van der Waals surface area contributed by atoms with E-state index in [2.05, 4.69) is 29.1 Å². The number of hydrogen-bond acceptors (Lipinski definition) is 4. The lowest BCUT2D eigenvalue weighted by molar-refractivity contribution is 0.280. The molecule has 0 amide bonds. The molecule has 17 heavy (non-hydrogen) atoms. The highest BCUT2D eigenvalue weighted by Gasteiger charge is 2.24. The first kappa shape index (κ1) is 12.1. The number of nitrogen functional groups attached to an aromatic ring is 1. The maximum atomic E-state index is 5.62. The van der Waals surface area contributed by atoms with E-state index in [1.165, 1.54) is 19.3 Å². The number of nitrogens with one attached hydrogen (secondary N) is 1. The molecule has 0 saturated heterocycles. The number of aryl methyl sites for hydroxylation is 1. The summed E-state index contributed by atoms with van der Waals surface area (Å²) in [6.45, 7) is 6.66.